The van der Waals surface area contributed by atoms with Crippen LogP contribution >= 0.6 is 0 Å². The second kappa shape index (κ2) is 8.04. The summed E-state index contributed by atoms with van der Waals surface area (Å²) in [6.45, 7) is 1.99. The van der Waals surface area contributed by atoms with Gasteiger partial charge in [-0.15, -0.1) is 0 Å². The first-order valence-corrected chi connectivity index (χ1v) is 10.2. The molecule has 0 radical (unpaired) electrons. The Balaban J connectivity index is 1.39. The molecule has 2 nitrogen and oxygen atoms in total. The zero-order chi connectivity index (χ0) is 21.2. The number of pyridine rings is 1. The zero-order valence-electron chi connectivity index (χ0n) is 17.0. The molecule has 4 aromatic carbocycles. The van der Waals surface area contributed by atoms with Gasteiger partial charge in [-0.3, -0.25) is 0 Å². The van der Waals surface area contributed by atoms with Gasteiger partial charge in [0.25, 0.3) is 0 Å². The molecule has 150 valence electrons. The number of ether oxygens (including phenoxy) is 1. The predicted molar refractivity (Wildman–Crippen MR) is 124 cm³/mol. The molecular formula is C28H20FNO. The van der Waals surface area contributed by atoms with Crippen molar-refractivity contribution in [2.24, 2.45) is 0 Å². The molecule has 31 heavy (non-hydrogen) atoms. The van der Waals surface area contributed by atoms with Crippen LogP contribution in [0.3, 0.4) is 0 Å². The van der Waals surface area contributed by atoms with Crippen molar-refractivity contribution in [2.75, 3.05) is 0 Å². The number of aryl methyl sites for hydroxylation is 1. The number of fused-ring (bicyclic) bond motifs is 1. The summed E-state index contributed by atoms with van der Waals surface area (Å²) in [7, 11) is 0. The van der Waals surface area contributed by atoms with Crippen LogP contribution in [0, 0.1) is 12.7 Å². The number of para-hydroxylation sites is 1. The van der Waals surface area contributed by atoms with Crippen LogP contribution in [0.15, 0.2) is 103 Å². The third-order valence-corrected chi connectivity index (χ3v) is 5.32. The van der Waals surface area contributed by atoms with Gasteiger partial charge in [0.05, 0.1) is 11.2 Å². The van der Waals surface area contributed by atoms with E-state index in [0.717, 1.165) is 50.3 Å². The van der Waals surface area contributed by atoms with E-state index in [9.17, 15) is 4.39 Å². The van der Waals surface area contributed by atoms with Crippen molar-refractivity contribution in [3.8, 4) is 33.9 Å². The van der Waals surface area contributed by atoms with Gasteiger partial charge in [-0.2, -0.15) is 0 Å². The molecule has 0 amide bonds. The molecular weight excluding hydrogens is 385 g/mol. The van der Waals surface area contributed by atoms with E-state index in [1.54, 1.807) is 6.07 Å². The summed E-state index contributed by atoms with van der Waals surface area (Å²) in [6, 6.07) is 32.9. The summed E-state index contributed by atoms with van der Waals surface area (Å²) >= 11 is 0. The summed E-state index contributed by atoms with van der Waals surface area (Å²) in [5.41, 5.74) is 5.96. The smallest absolute Gasteiger partial charge is 0.127 e. The molecule has 5 rings (SSSR count). The van der Waals surface area contributed by atoms with E-state index in [4.69, 9.17) is 9.72 Å². The molecule has 5 aromatic rings. The van der Waals surface area contributed by atoms with Crippen molar-refractivity contribution < 1.29 is 9.13 Å². The van der Waals surface area contributed by atoms with E-state index in [-0.39, 0.29) is 5.82 Å². The van der Waals surface area contributed by atoms with Crippen molar-refractivity contribution in [1.29, 1.82) is 0 Å². The number of nitrogens with zero attached hydrogens (tertiary/aromatic N) is 1. The van der Waals surface area contributed by atoms with Crippen molar-refractivity contribution in [3.63, 3.8) is 0 Å². The first kappa shape index (κ1) is 19.0. The van der Waals surface area contributed by atoms with Crippen LogP contribution in [0.25, 0.3) is 33.3 Å². The van der Waals surface area contributed by atoms with E-state index in [1.165, 1.54) is 12.1 Å². The lowest BCUT2D eigenvalue weighted by Crippen LogP contribution is -1.90. The average Bonchev–Trinajstić information content (AvgIpc) is 2.81. The second-order valence-electron chi connectivity index (χ2n) is 7.50. The van der Waals surface area contributed by atoms with Gasteiger partial charge in [0.15, 0.2) is 0 Å². The first-order chi connectivity index (χ1) is 15.2. The lowest BCUT2D eigenvalue weighted by molar-refractivity contribution is 0.483. The normalized spacial score (nSPS) is 10.9. The molecule has 0 N–H and O–H groups in total. The minimum atomic E-state index is -0.241. The molecule has 0 bridgehead atoms. The number of benzene rings is 4. The van der Waals surface area contributed by atoms with E-state index in [0.29, 0.717) is 0 Å². The Labute approximate surface area is 180 Å². The van der Waals surface area contributed by atoms with Gasteiger partial charge in [-0.05, 0) is 72.1 Å². The van der Waals surface area contributed by atoms with Crippen LogP contribution in [0.5, 0.6) is 11.5 Å². The lowest BCUT2D eigenvalue weighted by Gasteiger charge is -2.09. The fourth-order valence-corrected chi connectivity index (χ4v) is 3.69. The standard InChI is InChI=1S/C28H20FNO/c1-19-17-28(30-27-16-13-23(29)18-26(19)27)22-9-7-20(8-10-22)21-11-14-25(15-12-21)31-24-5-3-2-4-6-24/h2-18H,1H3. The van der Waals surface area contributed by atoms with Gasteiger partial charge in [0.2, 0.25) is 0 Å². The highest BCUT2D eigenvalue weighted by Crippen LogP contribution is 2.29. The third kappa shape index (κ3) is 4.03. The minimum absolute atomic E-state index is 0.241. The van der Waals surface area contributed by atoms with Crippen LogP contribution in [-0.2, 0) is 0 Å². The highest BCUT2D eigenvalue weighted by Gasteiger charge is 2.07. The van der Waals surface area contributed by atoms with E-state index < -0.39 is 0 Å². The molecule has 0 spiro atoms. The van der Waals surface area contributed by atoms with Crippen LogP contribution in [0.2, 0.25) is 0 Å². The summed E-state index contributed by atoms with van der Waals surface area (Å²) in [5, 5.41) is 0.846. The molecule has 3 heteroatoms. The minimum Gasteiger partial charge on any atom is -0.457 e. The first-order valence-electron chi connectivity index (χ1n) is 10.2. The number of aromatic nitrogens is 1. The van der Waals surface area contributed by atoms with Crippen molar-refractivity contribution >= 4 is 10.9 Å². The Bertz CT molecular complexity index is 1340. The molecule has 0 aliphatic heterocycles. The second-order valence-corrected chi connectivity index (χ2v) is 7.50. The van der Waals surface area contributed by atoms with Crippen molar-refractivity contribution in [1.82, 2.24) is 4.98 Å². The Morgan fingerprint density at radius 3 is 1.97 bits per heavy atom. The highest BCUT2D eigenvalue weighted by atomic mass is 19.1. The summed E-state index contributed by atoms with van der Waals surface area (Å²) < 4.78 is 19.4. The maximum absolute atomic E-state index is 13.5. The number of hydrogen-bond acceptors (Lipinski definition) is 2. The van der Waals surface area contributed by atoms with Crippen molar-refractivity contribution in [2.45, 2.75) is 6.92 Å². The molecule has 0 unspecified atom stereocenters. The number of hydrogen-bond donors (Lipinski definition) is 0. The van der Waals surface area contributed by atoms with Crippen LogP contribution < -0.4 is 4.74 Å². The number of halogens is 1. The van der Waals surface area contributed by atoms with Crippen molar-refractivity contribution in [3.05, 3.63) is 115 Å². The molecule has 1 aromatic heterocycles. The maximum atomic E-state index is 13.5. The van der Waals surface area contributed by atoms with E-state index in [2.05, 4.69) is 36.4 Å². The molecule has 1 heterocycles. The fourth-order valence-electron chi connectivity index (χ4n) is 3.69. The fraction of sp³-hybridized carbons (Fsp3) is 0.0357. The predicted octanol–water partition coefficient (Wildman–Crippen LogP) is 7.81. The lowest BCUT2D eigenvalue weighted by atomic mass is 10.0. The van der Waals surface area contributed by atoms with Gasteiger partial charge in [0.1, 0.15) is 17.3 Å². The molecule has 0 aliphatic rings. The Morgan fingerprint density at radius 1 is 0.645 bits per heavy atom. The molecule has 0 aliphatic carbocycles. The Hall–Kier alpha value is -3.98. The molecule has 0 saturated carbocycles. The van der Waals surface area contributed by atoms with E-state index in [1.807, 2.05) is 55.5 Å². The Kier molecular flexibility index (Phi) is 4.93. The largest absolute Gasteiger partial charge is 0.457 e. The van der Waals surface area contributed by atoms with E-state index >= 15 is 0 Å². The third-order valence-electron chi connectivity index (χ3n) is 5.32. The highest BCUT2D eigenvalue weighted by molar-refractivity contribution is 5.85. The van der Waals surface area contributed by atoms with Gasteiger partial charge in [0, 0.05) is 10.9 Å². The average molecular weight is 405 g/mol. The monoisotopic (exact) mass is 405 g/mol. The summed E-state index contributed by atoms with van der Waals surface area (Å²) in [4.78, 5) is 4.72. The SMILES string of the molecule is Cc1cc(-c2ccc(-c3ccc(Oc4ccccc4)cc3)cc2)nc2ccc(F)cc12. The zero-order valence-corrected chi connectivity index (χ0v) is 17.0. The summed E-state index contributed by atoms with van der Waals surface area (Å²) in [5.74, 6) is 1.38. The van der Waals surface area contributed by atoms with Gasteiger partial charge < -0.3 is 4.74 Å². The molecule has 0 fully saturated rings. The summed E-state index contributed by atoms with van der Waals surface area (Å²) in [6.07, 6.45) is 0. The topological polar surface area (TPSA) is 22.1 Å². The quantitative estimate of drug-likeness (QED) is 0.304. The van der Waals surface area contributed by atoms with Crippen LogP contribution in [0.4, 0.5) is 4.39 Å². The van der Waals surface area contributed by atoms with Crippen LogP contribution in [0.1, 0.15) is 5.56 Å². The van der Waals surface area contributed by atoms with Gasteiger partial charge in [-0.25, -0.2) is 9.37 Å². The number of rotatable bonds is 4. The van der Waals surface area contributed by atoms with Gasteiger partial charge in [-0.1, -0.05) is 54.6 Å². The maximum Gasteiger partial charge on any atom is 0.127 e. The molecule has 0 atom stereocenters. The molecule has 0 saturated heterocycles. The van der Waals surface area contributed by atoms with Gasteiger partial charge >= 0.3 is 0 Å². The van der Waals surface area contributed by atoms with Crippen LogP contribution in [-0.4, -0.2) is 4.98 Å². The Morgan fingerprint density at radius 2 is 1.26 bits per heavy atom.